The largest absolute Gasteiger partial charge is 0.351 e. The lowest BCUT2D eigenvalue weighted by Crippen LogP contribution is -2.30. The lowest BCUT2D eigenvalue weighted by atomic mass is 9.97. The molecule has 5 rings (SSSR count). The number of fused-ring (bicyclic) bond motifs is 1. The molecule has 0 aliphatic rings. The number of hydrogen-bond acceptors (Lipinski definition) is 5. The Kier molecular flexibility index (Phi) is 6.31. The second-order valence-corrected chi connectivity index (χ2v) is 8.61. The average molecular weight is 505 g/mol. The summed E-state index contributed by atoms with van der Waals surface area (Å²) < 4.78 is 1.69. The van der Waals surface area contributed by atoms with Crippen LogP contribution in [-0.4, -0.2) is 37.2 Å². The second-order valence-electron chi connectivity index (χ2n) is 7.79. The smallest absolute Gasteiger partial charge is 0.260 e. The Hall–Kier alpha value is -4.01. The molecule has 10 heteroatoms. The summed E-state index contributed by atoms with van der Waals surface area (Å²) in [6, 6.07) is 19.7. The molecule has 0 saturated carbocycles. The maximum absolute atomic E-state index is 13.0. The zero-order valence-corrected chi connectivity index (χ0v) is 19.7. The zero-order chi connectivity index (χ0) is 24.4. The summed E-state index contributed by atoms with van der Waals surface area (Å²) in [5, 5.41) is 11.4. The Balaban J connectivity index is 1.44. The molecule has 5 aromatic rings. The maximum Gasteiger partial charge on any atom is 0.260 e. The van der Waals surface area contributed by atoms with E-state index in [9.17, 15) is 9.59 Å². The van der Waals surface area contributed by atoms with E-state index in [2.05, 4.69) is 25.5 Å². The molecule has 1 atom stereocenters. The lowest BCUT2D eigenvalue weighted by molar-refractivity contribution is 0.0952. The van der Waals surface area contributed by atoms with Crippen molar-refractivity contribution < 1.29 is 4.79 Å². The molecule has 0 spiro atoms. The van der Waals surface area contributed by atoms with Crippen LogP contribution in [-0.2, 0) is 0 Å². The number of rotatable bonds is 6. The van der Waals surface area contributed by atoms with Gasteiger partial charge in [-0.3, -0.25) is 14.2 Å². The molecule has 3 aromatic carbocycles. The average Bonchev–Trinajstić information content (AvgIpc) is 3.40. The van der Waals surface area contributed by atoms with Gasteiger partial charge in [0.25, 0.3) is 11.5 Å². The second kappa shape index (κ2) is 9.69. The van der Waals surface area contributed by atoms with E-state index in [4.69, 9.17) is 23.2 Å². The van der Waals surface area contributed by atoms with Crippen LogP contribution in [0.2, 0.25) is 10.0 Å². The summed E-state index contributed by atoms with van der Waals surface area (Å²) in [4.78, 5) is 33.3. The number of halogens is 2. The fourth-order valence-electron chi connectivity index (χ4n) is 3.86. The Morgan fingerprint density at radius 2 is 1.74 bits per heavy atom. The third-order valence-corrected chi connectivity index (χ3v) is 6.24. The number of hydrogen-bond donors (Lipinski definition) is 2. The van der Waals surface area contributed by atoms with Gasteiger partial charge in [0.1, 0.15) is 18.5 Å². The van der Waals surface area contributed by atoms with E-state index in [-0.39, 0.29) is 23.0 Å². The number of amides is 1. The van der Waals surface area contributed by atoms with Gasteiger partial charge < -0.3 is 10.3 Å². The van der Waals surface area contributed by atoms with E-state index in [1.165, 1.54) is 0 Å². The summed E-state index contributed by atoms with van der Waals surface area (Å²) in [7, 11) is 0. The molecule has 0 radical (unpaired) electrons. The van der Waals surface area contributed by atoms with Crippen molar-refractivity contribution in [1.82, 2.24) is 30.0 Å². The minimum Gasteiger partial charge on any atom is -0.351 e. The number of nitrogens with zero attached hydrogens (tertiary/aromatic N) is 4. The first-order chi connectivity index (χ1) is 17.0. The lowest BCUT2D eigenvalue weighted by Gasteiger charge is -2.18. The van der Waals surface area contributed by atoms with E-state index in [0.717, 1.165) is 11.3 Å². The number of aromatic amines is 1. The van der Waals surface area contributed by atoms with Gasteiger partial charge in [-0.15, -0.1) is 10.2 Å². The molecule has 2 aromatic heterocycles. The summed E-state index contributed by atoms with van der Waals surface area (Å²) in [5.74, 6) is -0.339. The van der Waals surface area contributed by atoms with Gasteiger partial charge in [-0.05, 0) is 35.9 Å². The molecule has 1 amide bonds. The standard InChI is InChI=1S/C25H18Cl2N6O2/c26-19-7-4-8-21-22(19)25(35)32-23(31-21)18(15-5-2-1-3-6-15)12-28-24(34)17-10-9-16(11-20(17)27)33-13-29-30-14-33/h1-11,13-14,18H,12H2,(H,28,34)(H,31,32,35)/t18-/m0/s1. The highest BCUT2D eigenvalue weighted by molar-refractivity contribution is 6.35. The Morgan fingerprint density at radius 1 is 0.971 bits per heavy atom. The minimum atomic E-state index is -0.411. The summed E-state index contributed by atoms with van der Waals surface area (Å²) in [5.41, 5.74) is 2.08. The Morgan fingerprint density at radius 3 is 2.49 bits per heavy atom. The van der Waals surface area contributed by atoms with Crippen molar-refractivity contribution in [2.45, 2.75) is 5.92 Å². The van der Waals surface area contributed by atoms with Crippen molar-refractivity contribution in [3.05, 3.63) is 117 Å². The summed E-state index contributed by atoms with van der Waals surface area (Å²) in [6.45, 7) is 0.182. The molecule has 0 bridgehead atoms. The van der Waals surface area contributed by atoms with Crippen LogP contribution in [0.3, 0.4) is 0 Å². The monoisotopic (exact) mass is 504 g/mol. The molecule has 174 valence electrons. The van der Waals surface area contributed by atoms with Gasteiger partial charge in [-0.1, -0.05) is 59.6 Å². The van der Waals surface area contributed by atoms with Gasteiger partial charge in [0, 0.05) is 12.2 Å². The van der Waals surface area contributed by atoms with Crippen molar-refractivity contribution in [3.63, 3.8) is 0 Å². The predicted octanol–water partition coefficient (Wildman–Crippen LogP) is 4.37. The summed E-state index contributed by atoms with van der Waals surface area (Å²) >= 11 is 12.6. The van der Waals surface area contributed by atoms with Gasteiger partial charge >= 0.3 is 0 Å². The van der Waals surface area contributed by atoms with Crippen LogP contribution in [0.4, 0.5) is 0 Å². The SMILES string of the molecule is O=C(NC[C@@H](c1ccccc1)c1nc2cccc(Cl)c2c(=O)[nH]1)c1ccc(-n2cnnc2)cc1Cl. The third kappa shape index (κ3) is 4.66. The topological polar surface area (TPSA) is 106 Å². The molecular weight excluding hydrogens is 487 g/mol. The summed E-state index contributed by atoms with van der Waals surface area (Å²) in [6.07, 6.45) is 3.08. The zero-order valence-electron chi connectivity index (χ0n) is 18.2. The van der Waals surface area contributed by atoms with Gasteiger partial charge in [-0.2, -0.15) is 0 Å². The molecule has 0 fully saturated rings. The first kappa shape index (κ1) is 22.8. The number of H-pyrrole nitrogens is 1. The Labute approximate surface area is 209 Å². The van der Waals surface area contributed by atoms with Crippen LogP contribution in [0.15, 0.2) is 84.2 Å². The van der Waals surface area contributed by atoms with Gasteiger partial charge in [0.05, 0.1) is 32.4 Å². The van der Waals surface area contributed by atoms with Crippen molar-refractivity contribution in [2.75, 3.05) is 6.54 Å². The van der Waals surface area contributed by atoms with Gasteiger partial charge in [0.15, 0.2) is 0 Å². The third-order valence-electron chi connectivity index (χ3n) is 5.61. The van der Waals surface area contributed by atoms with Crippen LogP contribution in [0.1, 0.15) is 27.7 Å². The molecule has 0 unspecified atom stereocenters. The van der Waals surface area contributed by atoms with E-state index in [1.54, 1.807) is 53.6 Å². The van der Waals surface area contributed by atoms with E-state index < -0.39 is 5.92 Å². The van der Waals surface area contributed by atoms with Crippen molar-refractivity contribution in [1.29, 1.82) is 0 Å². The van der Waals surface area contributed by atoms with Crippen LogP contribution < -0.4 is 10.9 Å². The van der Waals surface area contributed by atoms with E-state index in [1.807, 2.05) is 30.3 Å². The highest BCUT2D eigenvalue weighted by Crippen LogP contribution is 2.25. The molecule has 0 saturated heterocycles. The van der Waals surface area contributed by atoms with Crippen molar-refractivity contribution in [2.24, 2.45) is 0 Å². The van der Waals surface area contributed by atoms with Gasteiger partial charge in [-0.25, -0.2) is 4.98 Å². The number of benzene rings is 3. The first-order valence-electron chi connectivity index (χ1n) is 10.7. The van der Waals surface area contributed by atoms with E-state index >= 15 is 0 Å². The normalized spacial score (nSPS) is 11.9. The minimum absolute atomic E-state index is 0.182. The molecule has 2 N–H and O–H groups in total. The van der Waals surface area contributed by atoms with Crippen LogP contribution >= 0.6 is 23.2 Å². The molecule has 8 nitrogen and oxygen atoms in total. The fourth-order valence-corrected chi connectivity index (χ4v) is 4.38. The van der Waals surface area contributed by atoms with Gasteiger partial charge in [0.2, 0.25) is 0 Å². The Bertz CT molecular complexity index is 1570. The van der Waals surface area contributed by atoms with Crippen LogP contribution in [0.25, 0.3) is 16.6 Å². The van der Waals surface area contributed by atoms with E-state index in [0.29, 0.717) is 27.3 Å². The number of carbonyl (C=O) groups excluding carboxylic acids is 1. The maximum atomic E-state index is 13.0. The van der Waals surface area contributed by atoms with Crippen LogP contribution in [0.5, 0.6) is 0 Å². The highest BCUT2D eigenvalue weighted by atomic mass is 35.5. The molecule has 35 heavy (non-hydrogen) atoms. The number of aromatic nitrogens is 5. The molecule has 0 aliphatic carbocycles. The molecule has 0 aliphatic heterocycles. The predicted molar refractivity (Wildman–Crippen MR) is 134 cm³/mol. The number of carbonyl (C=O) groups is 1. The number of nitrogens with one attached hydrogen (secondary N) is 2. The molecule has 2 heterocycles. The first-order valence-corrected chi connectivity index (χ1v) is 11.4. The fraction of sp³-hybridized carbons (Fsp3) is 0.0800. The molecular formula is C25H18Cl2N6O2. The van der Waals surface area contributed by atoms with Crippen molar-refractivity contribution >= 4 is 40.0 Å². The van der Waals surface area contributed by atoms with Crippen LogP contribution in [0, 0.1) is 0 Å². The van der Waals surface area contributed by atoms with Crippen molar-refractivity contribution in [3.8, 4) is 5.69 Å². The quantitative estimate of drug-likeness (QED) is 0.357. The highest BCUT2D eigenvalue weighted by Gasteiger charge is 2.21.